The van der Waals surface area contributed by atoms with Gasteiger partial charge in [0.2, 0.25) is 0 Å². The van der Waals surface area contributed by atoms with Crippen molar-refractivity contribution in [3.8, 4) is 0 Å². The van der Waals surface area contributed by atoms with Crippen LogP contribution in [0.25, 0.3) is 0 Å². The monoisotopic (exact) mass is 163 g/mol. The highest BCUT2D eigenvalue weighted by Crippen LogP contribution is 1.95. The standard InChI is InChI=1S/C6H11NO2.H3P/c1-5(8)6-4-7-2-3-9-6;/h6-7H,2-4H2,1H3;1H3. The second kappa shape index (κ2) is 4.78. The molecule has 2 unspecified atom stereocenters. The van der Waals surface area contributed by atoms with Crippen molar-refractivity contribution in [3.63, 3.8) is 0 Å². The highest BCUT2D eigenvalue weighted by Gasteiger charge is 2.16. The summed E-state index contributed by atoms with van der Waals surface area (Å²) in [6.07, 6.45) is -0.196. The molecule has 1 saturated heterocycles. The Balaban J connectivity index is 0.000000810. The Hall–Kier alpha value is 0.0200. The molecular formula is C6H14NO2P. The lowest BCUT2D eigenvalue weighted by Gasteiger charge is -2.20. The quantitative estimate of drug-likeness (QED) is 0.535. The van der Waals surface area contributed by atoms with Crippen molar-refractivity contribution in [1.29, 1.82) is 0 Å². The van der Waals surface area contributed by atoms with Crippen LogP contribution in [0.1, 0.15) is 6.92 Å². The molecule has 0 saturated carbocycles. The zero-order chi connectivity index (χ0) is 6.69. The number of carbonyl (C=O) groups excluding carboxylic acids is 1. The van der Waals surface area contributed by atoms with Gasteiger partial charge in [-0.1, -0.05) is 0 Å². The second-order valence-electron chi connectivity index (χ2n) is 2.17. The Morgan fingerprint density at radius 2 is 2.40 bits per heavy atom. The van der Waals surface area contributed by atoms with Crippen molar-refractivity contribution in [3.05, 3.63) is 0 Å². The van der Waals surface area contributed by atoms with Crippen LogP contribution >= 0.6 is 9.90 Å². The SMILES string of the molecule is CC(=O)C1CNCCO1.P. The highest BCUT2D eigenvalue weighted by molar-refractivity contribution is 6.92. The zero-order valence-corrected chi connectivity index (χ0v) is 7.64. The van der Waals surface area contributed by atoms with Crippen LogP contribution in [0.5, 0.6) is 0 Å². The van der Waals surface area contributed by atoms with Crippen molar-refractivity contribution in [1.82, 2.24) is 5.32 Å². The first kappa shape index (κ1) is 10.0. The molecule has 1 aliphatic heterocycles. The summed E-state index contributed by atoms with van der Waals surface area (Å²) >= 11 is 0. The summed E-state index contributed by atoms with van der Waals surface area (Å²) in [6, 6.07) is 0. The number of Topliss-reactive ketones (excluding diaryl/α,β-unsaturated/α-hetero) is 1. The summed E-state index contributed by atoms with van der Waals surface area (Å²) in [5.74, 6) is 0.113. The molecule has 2 atom stereocenters. The fourth-order valence-corrected chi connectivity index (χ4v) is 0.827. The van der Waals surface area contributed by atoms with Gasteiger partial charge in [-0.2, -0.15) is 9.90 Å². The van der Waals surface area contributed by atoms with Gasteiger partial charge in [0.25, 0.3) is 0 Å². The first-order valence-corrected chi connectivity index (χ1v) is 3.13. The van der Waals surface area contributed by atoms with Crippen molar-refractivity contribution in [2.24, 2.45) is 0 Å². The molecule has 0 amide bonds. The fourth-order valence-electron chi connectivity index (χ4n) is 0.827. The van der Waals surface area contributed by atoms with Gasteiger partial charge in [0.15, 0.2) is 5.78 Å². The van der Waals surface area contributed by atoms with E-state index < -0.39 is 0 Å². The van der Waals surface area contributed by atoms with Gasteiger partial charge in [-0.25, -0.2) is 0 Å². The molecule has 1 rings (SSSR count). The molecule has 1 fully saturated rings. The molecule has 1 aliphatic rings. The summed E-state index contributed by atoms with van der Waals surface area (Å²) < 4.78 is 5.13. The Morgan fingerprint density at radius 1 is 1.70 bits per heavy atom. The number of morpholine rings is 1. The molecule has 0 aromatic carbocycles. The number of hydrogen-bond donors (Lipinski definition) is 1. The van der Waals surface area contributed by atoms with Gasteiger partial charge in [-0.15, -0.1) is 0 Å². The van der Waals surface area contributed by atoms with E-state index in [0.29, 0.717) is 13.2 Å². The van der Waals surface area contributed by atoms with Gasteiger partial charge in [-0.3, -0.25) is 4.79 Å². The average molecular weight is 163 g/mol. The minimum atomic E-state index is -0.196. The number of ketones is 1. The topological polar surface area (TPSA) is 38.3 Å². The molecule has 4 heteroatoms. The third-order valence-electron chi connectivity index (χ3n) is 1.38. The number of ether oxygens (including phenoxy) is 1. The van der Waals surface area contributed by atoms with E-state index in [-0.39, 0.29) is 21.8 Å². The predicted molar refractivity (Wildman–Crippen MR) is 44.4 cm³/mol. The Morgan fingerprint density at radius 3 is 2.70 bits per heavy atom. The van der Waals surface area contributed by atoms with Gasteiger partial charge < -0.3 is 10.1 Å². The summed E-state index contributed by atoms with van der Waals surface area (Å²) in [7, 11) is 0. The van der Waals surface area contributed by atoms with Crippen LogP contribution in [0.3, 0.4) is 0 Å². The highest BCUT2D eigenvalue weighted by atomic mass is 31.0. The Kier molecular flexibility index (Phi) is 4.79. The van der Waals surface area contributed by atoms with E-state index in [2.05, 4.69) is 5.32 Å². The molecule has 1 heterocycles. The Labute approximate surface area is 64.1 Å². The van der Waals surface area contributed by atoms with Crippen molar-refractivity contribution >= 4 is 15.7 Å². The minimum absolute atomic E-state index is 0. The maximum atomic E-state index is 10.6. The molecule has 60 valence electrons. The van der Waals surface area contributed by atoms with Crippen LogP contribution in [-0.4, -0.2) is 31.6 Å². The lowest BCUT2D eigenvalue weighted by Crippen LogP contribution is -2.42. The molecule has 0 bridgehead atoms. The molecule has 0 spiro atoms. The average Bonchev–Trinajstić information content (AvgIpc) is 1.90. The summed E-state index contributed by atoms with van der Waals surface area (Å²) in [5.41, 5.74) is 0. The van der Waals surface area contributed by atoms with E-state index in [9.17, 15) is 4.79 Å². The second-order valence-corrected chi connectivity index (χ2v) is 2.17. The van der Waals surface area contributed by atoms with Gasteiger partial charge in [0.1, 0.15) is 6.10 Å². The van der Waals surface area contributed by atoms with E-state index in [0.717, 1.165) is 6.54 Å². The van der Waals surface area contributed by atoms with Crippen LogP contribution in [0, 0.1) is 0 Å². The van der Waals surface area contributed by atoms with E-state index in [1.807, 2.05) is 0 Å². The molecule has 1 N–H and O–H groups in total. The van der Waals surface area contributed by atoms with E-state index >= 15 is 0 Å². The van der Waals surface area contributed by atoms with Crippen LogP contribution < -0.4 is 5.32 Å². The predicted octanol–water partition coefficient (Wildman–Crippen LogP) is -0.378. The molecule has 3 nitrogen and oxygen atoms in total. The van der Waals surface area contributed by atoms with Gasteiger partial charge in [0, 0.05) is 13.1 Å². The molecule has 0 aliphatic carbocycles. The Bertz CT molecular complexity index is 112. The first-order valence-electron chi connectivity index (χ1n) is 3.13. The summed E-state index contributed by atoms with van der Waals surface area (Å²) in [5, 5.41) is 3.07. The summed E-state index contributed by atoms with van der Waals surface area (Å²) in [4.78, 5) is 10.6. The van der Waals surface area contributed by atoms with Crippen molar-refractivity contribution in [2.75, 3.05) is 19.7 Å². The van der Waals surface area contributed by atoms with Gasteiger partial charge in [-0.05, 0) is 6.92 Å². The third-order valence-corrected chi connectivity index (χ3v) is 1.38. The smallest absolute Gasteiger partial charge is 0.159 e. The van der Waals surface area contributed by atoms with Crippen molar-refractivity contribution < 1.29 is 9.53 Å². The lowest BCUT2D eigenvalue weighted by atomic mass is 10.2. The molecule has 0 aromatic rings. The summed E-state index contributed by atoms with van der Waals surface area (Å²) in [6.45, 7) is 3.75. The van der Waals surface area contributed by atoms with E-state index in [1.165, 1.54) is 0 Å². The molecule has 10 heavy (non-hydrogen) atoms. The van der Waals surface area contributed by atoms with Gasteiger partial charge >= 0.3 is 0 Å². The largest absolute Gasteiger partial charge is 0.368 e. The molecular weight excluding hydrogens is 149 g/mol. The molecule has 0 aromatic heterocycles. The number of hydrogen-bond acceptors (Lipinski definition) is 3. The van der Waals surface area contributed by atoms with E-state index in [4.69, 9.17) is 4.74 Å². The van der Waals surface area contributed by atoms with E-state index in [1.54, 1.807) is 6.92 Å². The van der Waals surface area contributed by atoms with Crippen LogP contribution in [0.4, 0.5) is 0 Å². The minimum Gasteiger partial charge on any atom is -0.368 e. The van der Waals surface area contributed by atoms with Gasteiger partial charge in [0.05, 0.1) is 6.61 Å². The maximum absolute atomic E-state index is 10.6. The normalized spacial score (nSPS) is 25.1. The van der Waals surface area contributed by atoms with Crippen LogP contribution in [0.15, 0.2) is 0 Å². The fraction of sp³-hybridized carbons (Fsp3) is 0.833. The number of carbonyl (C=O) groups is 1. The first-order chi connectivity index (χ1) is 4.30. The third kappa shape index (κ3) is 2.74. The number of nitrogens with one attached hydrogen (secondary N) is 1. The van der Waals surface area contributed by atoms with Crippen LogP contribution in [-0.2, 0) is 9.53 Å². The zero-order valence-electron chi connectivity index (χ0n) is 6.22. The van der Waals surface area contributed by atoms with Crippen LogP contribution in [0.2, 0.25) is 0 Å². The van der Waals surface area contributed by atoms with Crippen molar-refractivity contribution in [2.45, 2.75) is 13.0 Å². The lowest BCUT2D eigenvalue weighted by molar-refractivity contribution is -0.129. The maximum Gasteiger partial charge on any atom is 0.159 e. The number of rotatable bonds is 1. The molecule has 0 radical (unpaired) electrons.